The van der Waals surface area contributed by atoms with Crippen LogP contribution in [-0.4, -0.2) is 70.3 Å². The maximum Gasteiger partial charge on any atom is 0.162 e. The van der Waals surface area contributed by atoms with Gasteiger partial charge in [0.25, 0.3) is 0 Å². The third-order valence-electron chi connectivity index (χ3n) is 6.83. The Labute approximate surface area is 195 Å². The van der Waals surface area contributed by atoms with Gasteiger partial charge in [0.1, 0.15) is 0 Å². The van der Waals surface area contributed by atoms with Crippen LogP contribution in [-0.2, 0) is 0 Å². The topological polar surface area (TPSA) is 61.6 Å². The van der Waals surface area contributed by atoms with E-state index >= 15 is 0 Å². The minimum absolute atomic E-state index is 0.675. The van der Waals surface area contributed by atoms with Crippen molar-refractivity contribution in [1.82, 2.24) is 29.8 Å². The van der Waals surface area contributed by atoms with Crippen molar-refractivity contribution < 1.29 is 0 Å². The average molecular weight is 444 g/mol. The number of nitrogens with one attached hydrogen (secondary N) is 1. The van der Waals surface area contributed by atoms with E-state index in [2.05, 4.69) is 50.5 Å². The van der Waals surface area contributed by atoms with E-state index < -0.39 is 0 Å². The molecule has 1 unspecified atom stereocenters. The molecule has 5 rings (SSSR count). The Morgan fingerprint density at radius 3 is 2.64 bits per heavy atom. The van der Waals surface area contributed by atoms with E-state index in [9.17, 15) is 0 Å². The third kappa shape index (κ3) is 4.43. The predicted octanol–water partition coefficient (Wildman–Crippen LogP) is 3.84. The summed E-state index contributed by atoms with van der Waals surface area (Å²) < 4.78 is 1.92. The summed E-state index contributed by atoms with van der Waals surface area (Å²) in [5.74, 6) is 0. The minimum Gasteiger partial charge on any atom is -0.366 e. The Balaban J connectivity index is 1.34. The van der Waals surface area contributed by atoms with Crippen molar-refractivity contribution >= 4 is 22.2 Å². The van der Waals surface area contributed by atoms with Crippen LogP contribution in [0.5, 0.6) is 0 Å². The molecule has 3 aromatic heterocycles. The number of para-hydroxylation sites is 1. The fourth-order valence-corrected chi connectivity index (χ4v) is 5.05. The van der Waals surface area contributed by atoms with Gasteiger partial charge in [-0.2, -0.15) is 5.10 Å². The average Bonchev–Trinajstić information content (AvgIpc) is 3.29. The second-order valence-corrected chi connectivity index (χ2v) is 8.87. The first-order valence-electron chi connectivity index (χ1n) is 12.1. The lowest BCUT2D eigenvalue weighted by molar-refractivity contribution is 0.166. The van der Waals surface area contributed by atoms with Crippen LogP contribution in [0.3, 0.4) is 0 Å². The zero-order valence-corrected chi connectivity index (χ0v) is 19.6. The van der Waals surface area contributed by atoms with Crippen molar-refractivity contribution in [2.24, 2.45) is 0 Å². The van der Waals surface area contributed by atoms with Gasteiger partial charge in [-0.3, -0.25) is 9.88 Å². The number of fused-ring (bicyclic) bond motifs is 2. The minimum atomic E-state index is 0.675. The number of nitrogens with zero attached hydrogens (tertiary/aromatic N) is 6. The van der Waals surface area contributed by atoms with Gasteiger partial charge in [0.15, 0.2) is 5.65 Å². The van der Waals surface area contributed by atoms with Crippen LogP contribution in [0, 0.1) is 0 Å². The second-order valence-electron chi connectivity index (χ2n) is 8.87. The van der Waals surface area contributed by atoms with Crippen LogP contribution in [0.2, 0.25) is 0 Å². The molecule has 1 saturated heterocycles. The van der Waals surface area contributed by atoms with Crippen LogP contribution in [0.4, 0.5) is 5.69 Å². The molecule has 172 valence electrons. The lowest BCUT2D eigenvalue weighted by Crippen LogP contribution is -2.51. The number of rotatable bonds is 8. The molecular weight excluding hydrogens is 410 g/mol. The summed E-state index contributed by atoms with van der Waals surface area (Å²) in [4.78, 5) is 14.4. The standard InChI is InChI=1S/C26H33N7/c1-3-6-20(9-11-27-2)31-13-15-32(16-14-31)21-17-29-26-24(18-30-33(26)19-21)22-10-12-28-25-8-5-4-7-23(22)25/h4-5,7-8,10,12,17-20,27H,3,6,9,11,13-16H2,1-2H3. The lowest BCUT2D eigenvalue weighted by atomic mass is 10.0. The summed E-state index contributed by atoms with van der Waals surface area (Å²) in [6.45, 7) is 7.61. The number of piperazine rings is 1. The number of aromatic nitrogens is 4. The van der Waals surface area contributed by atoms with Crippen molar-refractivity contribution in [2.75, 3.05) is 44.7 Å². The highest BCUT2D eigenvalue weighted by atomic mass is 15.3. The summed E-state index contributed by atoms with van der Waals surface area (Å²) in [5, 5.41) is 9.08. The Morgan fingerprint density at radius 1 is 0.970 bits per heavy atom. The smallest absolute Gasteiger partial charge is 0.162 e. The molecule has 0 bridgehead atoms. The molecule has 0 saturated carbocycles. The van der Waals surface area contributed by atoms with Crippen molar-refractivity contribution in [3.05, 3.63) is 55.1 Å². The van der Waals surface area contributed by atoms with Crippen molar-refractivity contribution in [1.29, 1.82) is 0 Å². The lowest BCUT2D eigenvalue weighted by Gasteiger charge is -2.40. The van der Waals surface area contributed by atoms with Crippen LogP contribution in [0.15, 0.2) is 55.1 Å². The van der Waals surface area contributed by atoms with Crippen LogP contribution >= 0.6 is 0 Å². The Kier molecular flexibility index (Phi) is 6.51. The molecular formula is C26H33N7. The fraction of sp³-hybridized carbons (Fsp3) is 0.423. The summed E-state index contributed by atoms with van der Waals surface area (Å²) in [6, 6.07) is 10.9. The first kappa shape index (κ1) is 21.8. The van der Waals surface area contributed by atoms with E-state index in [0.29, 0.717) is 6.04 Å². The molecule has 0 amide bonds. The highest BCUT2D eigenvalue weighted by Crippen LogP contribution is 2.30. The fourth-order valence-electron chi connectivity index (χ4n) is 5.05. The van der Waals surface area contributed by atoms with Crippen molar-refractivity contribution in [2.45, 2.75) is 32.2 Å². The maximum atomic E-state index is 4.84. The SMILES string of the molecule is CCCC(CCNC)N1CCN(c2cnc3c(-c4ccnc5ccccc45)cnn3c2)CC1. The molecule has 4 heterocycles. The Bertz CT molecular complexity index is 1200. The monoisotopic (exact) mass is 443 g/mol. The highest BCUT2D eigenvalue weighted by molar-refractivity contribution is 5.97. The maximum absolute atomic E-state index is 4.84. The molecule has 1 fully saturated rings. The Hall–Kier alpha value is -3.03. The zero-order valence-electron chi connectivity index (χ0n) is 19.6. The van der Waals surface area contributed by atoms with Gasteiger partial charge in [-0.15, -0.1) is 0 Å². The summed E-state index contributed by atoms with van der Waals surface area (Å²) in [6.07, 6.45) is 11.6. The van der Waals surface area contributed by atoms with Crippen LogP contribution in [0.1, 0.15) is 26.2 Å². The summed E-state index contributed by atoms with van der Waals surface area (Å²) >= 11 is 0. The first-order valence-corrected chi connectivity index (χ1v) is 12.1. The number of benzene rings is 1. The predicted molar refractivity (Wildman–Crippen MR) is 135 cm³/mol. The number of hydrogen-bond donors (Lipinski definition) is 1. The normalized spacial score (nSPS) is 16.0. The molecule has 1 aliphatic heterocycles. The van der Waals surface area contributed by atoms with Crippen LogP contribution in [0.25, 0.3) is 27.7 Å². The van der Waals surface area contributed by atoms with E-state index in [1.807, 2.05) is 48.4 Å². The van der Waals surface area contributed by atoms with Crippen LogP contribution < -0.4 is 10.2 Å². The second kappa shape index (κ2) is 9.85. The molecule has 1 aliphatic rings. The van der Waals surface area contributed by atoms with E-state index in [1.165, 1.54) is 19.3 Å². The van der Waals surface area contributed by atoms with Gasteiger partial charge in [0.05, 0.1) is 29.8 Å². The molecule has 0 radical (unpaired) electrons. The molecule has 1 aromatic carbocycles. The third-order valence-corrected chi connectivity index (χ3v) is 6.83. The highest BCUT2D eigenvalue weighted by Gasteiger charge is 2.24. The molecule has 1 atom stereocenters. The number of hydrogen-bond acceptors (Lipinski definition) is 6. The molecule has 4 aromatic rings. The van der Waals surface area contributed by atoms with E-state index in [4.69, 9.17) is 4.98 Å². The molecule has 7 heteroatoms. The van der Waals surface area contributed by atoms with E-state index in [-0.39, 0.29) is 0 Å². The molecule has 1 N–H and O–H groups in total. The quantitative estimate of drug-likeness (QED) is 0.446. The van der Waals surface area contributed by atoms with Gasteiger partial charge >= 0.3 is 0 Å². The summed E-state index contributed by atoms with van der Waals surface area (Å²) in [7, 11) is 2.04. The number of pyridine rings is 1. The van der Waals surface area contributed by atoms with Gasteiger partial charge in [-0.25, -0.2) is 9.50 Å². The molecule has 0 spiro atoms. The van der Waals surface area contributed by atoms with E-state index in [0.717, 1.165) is 66.1 Å². The van der Waals surface area contributed by atoms with Gasteiger partial charge < -0.3 is 10.2 Å². The molecule has 33 heavy (non-hydrogen) atoms. The number of anilines is 1. The van der Waals surface area contributed by atoms with Crippen molar-refractivity contribution in [3.8, 4) is 11.1 Å². The molecule has 0 aliphatic carbocycles. The van der Waals surface area contributed by atoms with Gasteiger partial charge in [-0.1, -0.05) is 31.5 Å². The van der Waals surface area contributed by atoms with Crippen molar-refractivity contribution in [3.63, 3.8) is 0 Å². The zero-order chi connectivity index (χ0) is 22.6. The first-order chi connectivity index (χ1) is 16.3. The Morgan fingerprint density at radius 2 is 1.82 bits per heavy atom. The molecule has 7 nitrogen and oxygen atoms in total. The van der Waals surface area contributed by atoms with Gasteiger partial charge in [0, 0.05) is 49.4 Å². The van der Waals surface area contributed by atoms with E-state index in [1.54, 1.807) is 0 Å². The van der Waals surface area contributed by atoms with Gasteiger partial charge in [-0.05, 0) is 44.1 Å². The largest absolute Gasteiger partial charge is 0.366 e. The summed E-state index contributed by atoms with van der Waals surface area (Å²) in [5.41, 5.74) is 5.16. The van der Waals surface area contributed by atoms with Gasteiger partial charge in [0.2, 0.25) is 0 Å².